The van der Waals surface area contributed by atoms with Crippen molar-refractivity contribution in [3.8, 4) is 27.9 Å². The Balaban J connectivity index is 0.915. The zero-order valence-electron chi connectivity index (χ0n) is 34.2. The fraction of sp³-hybridized carbons (Fsp3) is 0.105. The van der Waals surface area contributed by atoms with E-state index in [1.807, 2.05) is 0 Å². The number of hydrogen-bond acceptors (Lipinski definition) is 2. The molecule has 61 heavy (non-hydrogen) atoms. The maximum absolute atomic E-state index is 5.65. The van der Waals surface area contributed by atoms with Crippen molar-refractivity contribution in [3.63, 3.8) is 0 Å². The molecule has 3 heterocycles. The first-order valence-corrected chi connectivity index (χ1v) is 21.6. The molecule has 10 aromatic rings. The van der Waals surface area contributed by atoms with Gasteiger partial charge in [-0.25, -0.2) is 4.99 Å². The lowest BCUT2D eigenvalue weighted by atomic mass is 9.80. The number of nitrogens with zero attached hydrogens (tertiary/aromatic N) is 3. The Morgan fingerprint density at radius 2 is 1.30 bits per heavy atom. The molecular weight excluding hydrogens is 741 g/mol. The molecular formula is C57H42N4. The van der Waals surface area contributed by atoms with E-state index in [0.29, 0.717) is 0 Å². The molecule has 0 bridgehead atoms. The van der Waals surface area contributed by atoms with Crippen LogP contribution >= 0.6 is 0 Å². The summed E-state index contributed by atoms with van der Waals surface area (Å²) < 4.78 is 4.76. The molecule has 3 aliphatic rings. The number of rotatable bonds is 3. The molecule has 4 heteroatoms. The van der Waals surface area contributed by atoms with E-state index in [-0.39, 0.29) is 11.5 Å². The summed E-state index contributed by atoms with van der Waals surface area (Å²) in [4.78, 5) is 5.65. The molecule has 2 aliphatic carbocycles. The fourth-order valence-electron chi connectivity index (χ4n) is 10.9. The van der Waals surface area contributed by atoms with Crippen molar-refractivity contribution in [2.24, 2.45) is 4.99 Å². The molecule has 0 radical (unpaired) electrons. The van der Waals surface area contributed by atoms with Crippen molar-refractivity contribution in [2.45, 2.75) is 38.1 Å². The van der Waals surface area contributed by atoms with E-state index >= 15 is 0 Å². The number of benzene rings is 8. The summed E-state index contributed by atoms with van der Waals surface area (Å²) in [6, 6.07) is 62.5. The van der Waals surface area contributed by atoms with E-state index in [1.165, 1.54) is 105 Å². The summed E-state index contributed by atoms with van der Waals surface area (Å²) in [5.74, 6) is 0.869. The van der Waals surface area contributed by atoms with Gasteiger partial charge in [-0.2, -0.15) is 0 Å². The summed E-state index contributed by atoms with van der Waals surface area (Å²) >= 11 is 0. The second kappa shape index (κ2) is 12.8. The third-order valence-corrected chi connectivity index (χ3v) is 13.8. The monoisotopic (exact) mass is 782 g/mol. The van der Waals surface area contributed by atoms with Crippen molar-refractivity contribution in [3.05, 3.63) is 209 Å². The van der Waals surface area contributed by atoms with Gasteiger partial charge >= 0.3 is 0 Å². The van der Waals surface area contributed by atoms with Crippen LogP contribution < -0.4 is 5.32 Å². The quantitative estimate of drug-likeness (QED) is 0.190. The standard InChI is InChI=1S/C57H42N4/c1-57(2)47-33-37(36-27-30-52-46(32-36)43-18-9-12-22-50(43)60(52)39-15-4-3-5-16-39)24-28-41(47)42-29-25-38(34-48(42)57)55-44-19-8-11-21-49(44)58-56(59-55)61-51-23-13-10-20-45(51)54-40-17-7-6-14-35(40)26-31-53(54)61/h3-9,11-19,21-34,55H,10,20H2,1-2H3,(H,58,59). The van der Waals surface area contributed by atoms with Crippen LogP contribution in [0, 0.1) is 0 Å². The SMILES string of the molecule is CC1(C)c2cc(-c3ccc4c(c3)c3ccccc3n4-c3ccccc3)ccc2-c2ccc(C3N=C(n4c5c(c6c7ccccc7ccc64)CCC=C5)Nc4ccccc43)cc21. The van der Waals surface area contributed by atoms with E-state index in [0.717, 1.165) is 24.5 Å². The Labute approximate surface area is 354 Å². The van der Waals surface area contributed by atoms with Crippen LogP contribution in [0.2, 0.25) is 0 Å². The van der Waals surface area contributed by atoms with Crippen LogP contribution in [0.1, 0.15) is 59.8 Å². The van der Waals surface area contributed by atoms with Crippen LogP contribution in [0.25, 0.3) is 77.5 Å². The smallest absolute Gasteiger partial charge is 0.208 e. The Kier molecular flexibility index (Phi) is 7.22. The topological polar surface area (TPSA) is 34.2 Å². The van der Waals surface area contributed by atoms with Crippen molar-refractivity contribution >= 4 is 61.2 Å². The van der Waals surface area contributed by atoms with Crippen LogP contribution in [0.3, 0.4) is 0 Å². The van der Waals surface area contributed by atoms with Gasteiger partial charge in [-0.15, -0.1) is 0 Å². The number of aromatic nitrogens is 2. The summed E-state index contributed by atoms with van der Waals surface area (Å²) in [5.41, 5.74) is 18.6. The van der Waals surface area contributed by atoms with Crippen LogP contribution in [0.5, 0.6) is 0 Å². The first-order chi connectivity index (χ1) is 30.0. The number of fused-ring (bicyclic) bond motifs is 12. The van der Waals surface area contributed by atoms with Crippen molar-refractivity contribution in [1.82, 2.24) is 9.13 Å². The van der Waals surface area contributed by atoms with E-state index in [1.54, 1.807) is 0 Å². The Morgan fingerprint density at radius 1 is 0.590 bits per heavy atom. The zero-order chi connectivity index (χ0) is 40.4. The second-order valence-corrected chi connectivity index (χ2v) is 17.5. The highest BCUT2D eigenvalue weighted by Gasteiger charge is 2.37. The molecule has 13 rings (SSSR count). The zero-order valence-corrected chi connectivity index (χ0v) is 34.2. The molecule has 1 atom stereocenters. The van der Waals surface area contributed by atoms with Crippen molar-refractivity contribution in [2.75, 3.05) is 5.32 Å². The minimum atomic E-state index is -0.204. The lowest BCUT2D eigenvalue weighted by Crippen LogP contribution is -2.28. The molecule has 0 saturated carbocycles. The van der Waals surface area contributed by atoms with Gasteiger partial charge in [0.25, 0.3) is 0 Å². The van der Waals surface area contributed by atoms with Gasteiger partial charge in [-0.05, 0) is 123 Å². The molecule has 4 nitrogen and oxygen atoms in total. The molecule has 2 aromatic heterocycles. The summed E-state index contributed by atoms with van der Waals surface area (Å²) in [7, 11) is 0. The number of para-hydroxylation sites is 3. The first kappa shape index (κ1) is 34.4. The summed E-state index contributed by atoms with van der Waals surface area (Å²) in [6.45, 7) is 4.78. The van der Waals surface area contributed by atoms with Crippen LogP contribution in [-0.4, -0.2) is 15.1 Å². The molecule has 8 aromatic carbocycles. The lowest BCUT2D eigenvalue weighted by molar-refractivity contribution is 0.658. The van der Waals surface area contributed by atoms with Gasteiger partial charge in [-0.3, -0.25) is 4.57 Å². The highest BCUT2D eigenvalue weighted by Crippen LogP contribution is 2.51. The second-order valence-electron chi connectivity index (χ2n) is 17.5. The highest BCUT2D eigenvalue weighted by molar-refractivity contribution is 6.15. The number of anilines is 1. The third kappa shape index (κ3) is 4.96. The largest absolute Gasteiger partial charge is 0.325 e. The molecule has 0 saturated heterocycles. The average molecular weight is 783 g/mol. The predicted octanol–water partition coefficient (Wildman–Crippen LogP) is 14.2. The van der Waals surface area contributed by atoms with Crippen molar-refractivity contribution in [1.29, 1.82) is 0 Å². The van der Waals surface area contributed by atoms with Gasteiger partial charge < -0.3 is 9.88 Å². The maximum atomic E-state index is 5.65. The highest BCUT2D eigenvalue weighted by atomic mass is 15.2. The first-order valence-electron chi connectivity index (χ1n) is 21.6. The number of hydrogen-bond donors (Lipinski definition) is 1. The number of aliphatic imine (C=N–C) groups is 1. The van der Waals surface area contributed by atoms with Crippen LogP contribution in [0.15, 0.2) is 181 Å². The fourth-order valence-corrected chi connectivity index (χ4v) is 10.9. The van der Waals surface area contributed by atoms with E-state index < -0.39 is 0 Å². The summed E-state index contributed by atoms with van der Waals surface area (Å²) in [5, 5.41) is 10.3. The average Bonchev–Trinajstić information content (AvgIpc) is 3.91. The molecule has 0 spiro atoms. The Bertz CT molecular complexity index is 3540. The number of aryl methyl sites for hydroxylation is 1. The lowest BCUT2D eigenvalue weighted by Gasteiger charge is -2.28. The van der Waals surface area contributed by atoms with Gasteiger partial charge in [0.05, 0.1) is 22.2 Å². The molecule has 290 valence electrons. The van der Waals surface area contributed by atoms with Crippen molar-refractivity contribution < 1.29 is 0 Å². The Morgan fingerprint density at radius 3 is 2.20 bits per heavy atom. The van der Waals surface area contributed by atoms with E-state index in [2.05, 4.69) is 210 Å². The minimum absolute atomic E-state index is 0.168. The van der Waals surface area contributed by atoms with E-state index in [9.17, 15) is 0 Å². The maximum Gasteiger partial charge on any atom is 0.208 e. The van der Waals surface area contributed by atoms with Gasteiger partial charge in [0, 0.05) is 38.5 Å². The number of nitrogens with one attached hydrogen (secondary N) is 1. The van der Waals surface area contributed by atoms with Gasteiger partial charge in [0.15, 0.2) is 0 Å². The van der Waals surface area contributed by atoms with E-state index in [4.69, 9.17) is 4.99 Å². The van der Waals surface area contributed by atoms with Gasteiger partial charge in [0.2, 0.25) is 5.96 Å². The van der Waals surface area contributed by atoms with Crippen LogP contribution in [0.4, 0.5) is 5.69 Å². The van der Waals surface area contributed by atoms with Gasteiger partial charge in [0.1, 0.15) is 6.04 Å². The predicted molar refractivity (Wildman–Crippen MR) is 255 cm³/mol. The molecule has 1 unspecified atom stereocenters. The van der Waals surface area contributed by atoms with Gasteiger partial charge in [-0.1, -0.05) is 141 Å². The molecule has 0 fully saturated rings. The summed E-state index contributed by atoms with van der Waals surface area (Å²) in [6.07, 6.45) is 6.68. The molecule has 0 amide bonds. The third-order valence-electron chi connectivity index (χ3n) is 13.8. The molecule has 1 aliphatic heterocycles. The van der Waals surface area contributed by atoms with Crippen LogP contribution in [-0.2, 0) is 11.8 Å². The normalized spacial score (nSPS) is 16.0. The molecule has 1 N–H and O–H groups in total. The Hall–Kier alpha value is -7.43. The number of allylic oxidation sites excluding steroid dienone is 1. The minimum Gasteiger partial charge on any atom is -0.325 e.